The first kappa shape index (κ1) is 8.62. The van der Waals surface area contributed by atoms with Crippen molar-refractivity contribution in [2.45, 2.75) is 6.92 Å². The van der Waals surface area contributed by atoms with Crippen molar-refractivity contribution in [3.8, 4) is 0 Å². The van der Waals surface area contributed by atoms with E-state index in [0.29, 0.717) is 5.82 Å². The lowest BCUT2D eigenvalue weighted by atomic mass is 10.3. The lowest BCUT2D eigenvalue weighted by Crippen LogP contribution is -1.97. The molecule has 2 rings (SSSR count). The summed E-state index contributed by atoms with van der Waals surface area (Å²) in [7, 11) is 0. The molecule has 0 aromatic carbocycles. The Balaban J connectivity index is 2.24. The SMILES string of the molecule is Cc1cccnc1Nc1cnccn1. The summed E-state index contributed by atoms with van der Waals surface area (Å²) < 4.78 is 0. The maximum absolute atomic E-state index is 4.19. The van der Waals surface area contributed by atoms with Gasteiger partial charge in [0.1, 0.15) is 11.6 Å². The minimum absolute atomic E-state index is 0.703. The molecule has 4 heteroatoms. The highest BCUT2D eigenvalue weighted by molar-refractivity contribution is 5.53. The molecule has 2 aromatic rings. The van der Waals surface area contributed by atoms with Gasteiger partial charge in [0, 0.05) is 18.6 Å². The van der Waals surface area contributed by atoms with E-state index in [2.05, 4.69) is 20.3 Å². The van der Waals surface area contributed by atoms with Crippen LogP contribution in [0.25, 0.3) is 0 Å². The zero-order chi connectivity index (χ0) is 9.80. The molecule has 2 heterocycles. The second kappa shape index (κ2) is 3.83. The number of anilines is 2. The van der Waals surface area contributed by atoms with Crippen LogP contribution in [0.2, 0.25) is 0 Å². The van der Waals surface area contributed by atoms with Crippen LogP contribution in [0.1, 0.15) is 5.56 Å². The zero-order valence-corrected chi connectivity index (χ0v) is 7.81. The Morgan fingerprint density at radius 1 is 1.14 bits per heavy atom. The Morgan fingerprint density at radius 2 is 2.07 bits per heavy atom. The van der Waals surface area contributed by atoms with E-state index in [9.17, 15) is 0 Å². The predicted octanol–water partition coefficient (Wildman–Crippen LogP) is 1.92. The molecule has 0 aliphatic carbocycles. The first-order chi connectivity index (χ1) is 6.86. The molecule has 0 atom stereocenters. The highest BCUT2D eigenvalue weighted by Gasteiger charge is 1.98. The van der Waals surface area contributed by atoms with Crippen molar-refractivity contribution in [3.05, 3.63) is 42.5 Å². The monoisotopic (exact) mass is 186 g/mol. The van der Waals surface area contributed by atoms with Gasteiger partial charge in [0.2, 0.25) is 0 Å². The van der Waals surface area contributed by atoms with Gasteiger partial charge in [0.15, 0.2) is 0 Å². The van der Waals surface area contributed by atoms with Crippen molar-refractivity contribution in [3.63, 3.8) is 0 Å². The average molecular weight is 186 g/mol. The summed E-state index contributed by atoms with van der Waals surface area (Å²) in [6.07, 6.45) is 6.68. The molecular weight excluding hydrogens is 176 g/mol. The van der Waals surface area contributed by atoms with Crippen LogP contribution in [-0.4, -0.2) is 15.0 Å². The summed E-state index contributed by atoms with van der Waals surface area (Å²) in [5, 5.41) is 3.09. The molecular formula is C10H10N4. The van der Waals surface area contributed by atoms with Crippen molar-refractivity contribution in [1.29, 1.82) is 0 Å². The molecule has 0 aliphatic heterocycles. The van der Waals surface area contributed by atoms with E-state index >= 15 is 0 Å². The number of nitrogens with zero attached hydrogens (tertiary/aromatic N) is 3. The maximum atomic E-state index is 4.19. The number of rotatable bonds is 2. The highest BCUT2D eigenvalue weighted by Crippen LogP contribution is 2.13. The lowest BCUT2D eigenvalue weighted by molar-refractivity contribution is 1.17. The van der Waals surface area contributed by atoms with E-state index in [0.717, 1.165) is 11.4 Å². The highest BCUT2D eigenvalue weighted by atomic mass is 15.1. The molecule has 1 N–H and O–H groups in total. The molecule has 0 amide bonds. The fourth-order valence-electron chi connectivity index (χ4n) is 1.10. The van der Waals surface area contributed by atoms with Gasteiger partial charge in [-0.1, -0.05) is 6.07 Å². The largest absolute Gasteiger partial charge is 0.323 e. The van der Waals surface area contributed by atoms with Gasteiger partial charge in [-0.05, 0) is 18.6 Å². The van der Waals surface area contributed by atoms with E-state index in [1.807, 2.05) is 19.1 Å². The second-order valence-corrected chi connectivity index (χ2v) is 2.88. The van der Waals surface area contributed by atoms with Crippen molar-refractivity contribution in [1.82, 2.24) is 15.0 Å². The van der Waals surface area contributed by atoms with Gasteiger partial charge in [0.25, 0.3) is 0 Å². The third-order valence-corrected chi connectivity index (χ3v) is 1.82. The summed E-state index contributed by atoms with van der Waals surface area (Å²) in [6, 6.07) is 3.89. The first-order valence-corrected chi connectivity index (χ1v) is 4.31. The molecule has 0 bridgehead atoms. The molecule has 4 nitrogen and oxygen atoms in total. The first-order valence-electron chi connectivity index (χ1n) is 4.31. The van der Waals surface area contributed by atoms with Crippen LogP contribution in [0, 0.1) is 6.92 Å². The van der Waals surface area contributed by atoms with E-state index in [4.69, 9.17) is 0 Å². The Hall–Kier alpha value is -1.97. The Morgan fingerprint density at radius 3 is 2.79 bits per heavy atom. The van der Waals surface area contributed by atoms with E-state index in [1.165, 1.54) is 0 Å². The van der Waals surface area contributed by atoms with Gasteiger partial charge in [-0.15, -0.1) is 0 Å². The van der Waals surface area contributed by atoms with E-state index < -0.39 is 0 Å². The van der Waals surface area contributed by atoms with Gasteiger partial charge in [-0.3, -0.25) is 4.98 Å². The van der Waals surface area contributed by atoms with Crippen LogP contribution in [0.15, 0.2) is 36.9 Å². The molecule has 0 saturated carbocycles. The Kier molecular flexibility index (Phi) is 2.36. The minimum atomic E-state index is 0.703. The van der Waals surface area contributed by atoms with Gasteiger partial charge in [-0.25, -0.2) is 9.97 Å². The normalized spacial score (nSPS) is 9.79. The van der Waals surface area contributed by atoms with Crippen molar-refractivity contribution < 1.29 is 0 Å². The fraction of sp³-hybridized carbons (Fsp3) is 0.100. The van der Waals surface area contributed by atoms with Gasteiger partial charge >= 0.3 is 0 Å². The molecule has 0 spiro atoms. The summed E-state index contributed by atoms with van der Waals surface area (Å²) in [4.78, 5) is 12.3. The molecule has 0 aliphatic rings. The molecule has 0 radical (unpaired) electrons. The number of pyridine rings is 1. The lowest BCUT2D eigenvalue weighted by Gasteiger charge is -2.05. The number of nitrogens with one attached hydrogen (secondary N) is 1. The smallest absolute Gasteiger partial charge is 0.150 e. The second-order valence-electron chi connectivity index (χ2n) is 2.88. The van der Waals surface area contributed by atoms with Crippen LogP contribution >= 0.6 is 0 Å². The van der Waals surface area contributed by atoms with Gasteiger partial charge in [-0.2, -0.15) is 0 Å². The third-order valence-electron chi connectivity index (χ3n) is 1.82. The molecule has 0 fully saturated rings. The van der Waals surface area contributed by atoms with Crippen LogP contribution in [0.5, 0.6) is 0 Å². The molecule has 70 valence electrons. The van der Waals surface area contributed by atoms with Crippen molar-refractivity contribution in [2.75, 3.05) is 5.32 Å². The van der Waals surface area contributed by atoms with Gasteiger partial charge in [0.05, 0.1) is 6.20 Å². The predicted molar refractivity (Wildman–Crippen MR) is 54.3 cm³/mol. The van der Waals surface area contributed by atoms with E-state index in [1.54, 1.807) is 24.8 Å². The number of hydrogen-bond acceptors (Lipinski definition) is 4. The summed E-state index contributed by atoms with van der Waals surface area (Å²) in [6.45, 7) is 1.99. The molecule has 14 heavy (non-hydrogen) atoms. The summed E-state index contributed by atoms with van der Waals surface area (Å²) in [5.41, 5.74) is 1.08. The summed E-state index contributed by atoms with van der Waals surface area (Å²) >= 11 is 0. The van der Waals surface area contributed by atoms with Crippen LogP contribution in [-0.2, 0) is 0 Å². The van der Waals surface area contributed by atoms with E-state index in [-0.39, 0.29) is 0 Å². The standard InChI is InChI=1S/C10H10N4/c1-8-3-2-4-13-10(8)14-9-7-11-5-6-12-9/h2-7H,1H3,(H,12,13,14). The molecule has 2 aromatic heterocycles. The van der Waals surface area contributed by atoms with Crippen LogP contribution < -0.4 is 5.32 Å². The Labute approximate surface area is 82.1 Å². The number of aryl methyl sites for hydroxylation is 1. The molecule has 0 unspecified atom stereocenters. The van der Waals surface area contributed by atoms with Gasteiger partial charge < -0.3 is 5.32 Å². The van der Waals surface area contributed by atoms with Crippen LogP contribution in [0.4, 0.5) is 11.6 Å². The Bertz CT molecular complexity index is 413. The quantitative estimate of drug-likeness (QED) is 0.778. The number of aromatic nitrogens is 3. The van der Waals surface area contributed by atoms with Crippen molar-refractivity contribution >= 4 is 11.6 Å². The number of hydrogen-bond donors (Lipinski definition) is 1. The summed E-state index contributed by atoms with van der Waals surface area (Å²) in [5.74, 6) is 1.52. The zero-order valence-electron chi connectivity index (χ0n) is 7.81. The average Bonchev–Trinajstić information content (AvgIpc) is 2.23. The van der Waals surface area contributed by atoms with Crippen molar-refractivity contribution in [2.24, 2.45) is 0 Å². The topological polar surface area (TPSA) is 50.7 Å². The minimum Gasteiger partial charge on any atom is -0.323 e. The van der Waals surface area contributed by atoms with Crippen LogP contribution in [0.3, 0.4) is 0 Å². The third kappa shape index (κ3) is 1.85. The molecule has 0 saturated heterocycles. The maximum Gasteiger partial charge on any atom is 0.150 e. The fourth-order valence-corrected chi connectivity index (χ4v) is 1.10.